The van der Waals surface area contributed by atoms with E-state index in [2.05, 4.69) is 89.6 Å². The van der Waals surface area contributed by atoms with Crippen LogP contribution in [-0.4, -0.2) is 79.4 Å². The predicted octanol–water partition coefficient (Wildman–Crippen LogP) is 26.6. The van der Waals surface area contributed by atoms with Gasteiger partial charge in [-0.2, -0.15) is 0 Å². The molecule has 0 atom stereocenters. The van der Waals surface area contributed by atoms with Crippen LogP contribution in [0.5, 0.6) is 17.2 Å². The molecule has 3 aromatic heterocycles. The van der Waals surface area contributed by atoms with Gasteiger partial charge in [0.25, 0.3) is 0 Å². The number of nitrogens with zero attached hydrogens (tertiary/aromatic N) is 2. The molecular formula is C86H146CuN4O8. The van der Waals surface area contributed by atoms with Crippen LogP contribution in [0.4, 0.5) is 0 Å². The van der Waals surface area contributed by atoms with Crippen molar-refractivity contribution in [2.24, 2.45) is 0 Å². The topological polar surface area (TPSA) is 131 Å². The third-order valence-electron chi connectivity index (χ3n) is 19.4. The van der Waals surface area contributed by atoms with Crippen molar-refractivity contribution >= 4 is 45.1 Å². The van der Waals surface area contributed by atoms with E-state index in [1.54, 1.807) is 0 Å². The number of H-pyrrole nitrogens is 2. The number of aromatic amines is 2. The van der Waals surface area contributed by atoms with E-state index >= 15 is 0 Å². The fourth-order valence-electron chi connectivity index (χ4n) is 13.3. The molecule has 99 heavy (non-hydrogen) atoms. The number of aromatic nitrogens is 4. The Bertz CT molecular complexity index is 2730. The molecule has 5 rings (SSSR count). The Morgan fingerprint density at radius 1 is 0.232 bits per heavy atom. The monoisotopic (exact) mass is 1430 g/mol. The van der Waals surface area contributed by atoms with Gasteiger partial charge in [0, 0.05) is 41.2 Å². The molecule has 0 unspecified atom stereocenters. The fraction of sp³-hybridized carbons (Fsp3) is 0.767. The minimum absolute atomic E-state index is 0. The van der Waals surface area contributed by atoms with Crippen LogP contribution in [0, 0.1) is 0 Å². The Labute approximate surface area is 615 Å². The van der Waals surface area contributed by atoms with E-state index in [9.17, 15) is 0 Å². The van der Waals surface area contributed by atoms with Crippen molar-refractivity contribution in [3.05, 3.63) is 52.6 Å². The zero-order valence-electron chi connectivity index (χ0n) is 64.8. The molecule has 0 aliphatic carbocycles. The van der Waals surface area contributed by atoms with Crippen molar-refractivity contribution in [2.75, 3.05) is 59.5 Å². The van der Waals surface area contributed by atoms with Crippen LogP contribution in [0.3, 0.4) is 0 Å². The second kappa shape index (κ2) is 58.1. The summed E-state index contributed by atoms with van der Waals surface area (Å²) in [6.45, 7) is 23.5. The van der Waals surface area contributed by atoms with Gasteiger partial charge in [-0.1, -0.05) is 312 Å². The molecule has 12 nitrogen and oxygen atoms in total. The average molecular weight is 1430 g/mol. The third-order valence-corrected chi connectivity index (χ3v) is 19.4. The Balaban J connectivity index is 0.0000208. The van der Waals surface area contributed by atoms with Crippen molar-refractivity contribution in [1.29, 1.82) is 0 Å². The number of hydrogen-bond donors (Lipinski definition) is 2. The minimum Gasteiger partial charge on any atom is -0.491 e. The van der Waals surface area contributed by atoms with Crippen molar-refractivity contribution in [3.8, 4) is 17.2 Å². The van der Waals surface area contributed by atoms with Gasteiger partial charge in [0.05, 0.1) is 69.4 Å². The summed E-state index contributed by atoms with van der Waals surface area (Å²) in [6, 6.07) is 8.63. The maximum absolute atomic E-state index is 7.23. The molecule has 2 aliphatic heterocycles. The standard InChI is InChI=1S/C86H146N4O8.Cu/c1-9-17-25-33-41-49-58-91-66-57-71-72-67-74-81(93-60-51-43-35-27-19-11-3)83(95-62-53-45-37-29-21-13-5)76(88-74)69-78-85(97-64-55-47-39-31-23-15-7)86(98-65-56-48-40-32-24-16-8)79(90-78)70-77-84(96-63-54-46-38-30-22-14-6)82(94-61-52-44-36-28-20-12-4)75(89-77)68-73(87-72)80(71)92-59-50-42-34-26-18-10-2;/h67-70,87,89H,9-66H2,1-8H3;. The molecule has 0 saturated heterocycles. The molecule has 3 aromatic rings. The zero-order chi connectivity index (χ0) is 69.6. The Kier molecular flexibility index (Phi) is 51.1. The van der Waals surface area contributed by atoms with Gasteiger partial charge in [0.15, 0.2) is 34.5 Å². The minimum atomic E-state index is 0. The van der Waals surface area contributed by atoms with E-state index in [1.165, 1.54) is 212 Å². The van der Waals surface area contributed by atoms with Gasteiger partial charge in [0.1, 0.15) is 28.5 Å². The predicted molar refractivity (Wildman–Crippen MR) is 416 cm³/mol. The van der Waals surface area contributed by atoms with Crippen molar-refractivity contribution in [3.63, 3.8) is 0 Å². The molecule has 2 aliphatic rings. The summed E-state index contributed by atoms with van der Waals surface area (Å²) < 4.78 is 56.7. The van der Waals surface area contributed by atoms with Gasteiger partial charge in [-0.05, 0) is 75.6 Å². The Morgan fingerprint density at radius 2 is 0.465 bits per heavy atom. The third kappa shape index (κ3) is 35.1. The molecular weight excluding hydrogens is 1280 g/mol. The summed E-state index contributed by atoms with van der Waals surface area (Å²) in [6.07, 6.45) is 56.7. The second-order valence-corrected chi connectivity index (χ2v) is 28.5. The first-order valence-corrected chi connectivity index (χ1v) is 41.7. The van der Waals surface area contributed by atoms with E-state index in [1.807, 2.05) is 0 Å². The van der Waals surface area contributed by atoms with Crippen LogP contribution in [0.15, 0.2) is 24.3 Å². The van der Waals surface area contributed by atoms with E-state index in [-0.39, 0.29) is 17.1 Å². The van der Waals surface area contributed by atoms with Crippen LogP contribution in [0.2, 0.25) is 0 Å². The van der Waals surface area contributed by atoms with E-state index in [4.69, 9.17) is 47.9 Å². The van der Waals surface area contributed by atoms with Gasteiger partial charge >= 0.3 is 0 Å². The molecule has 0 amide bonds. The molecule has 0 fully saturated rings. The number of nitrogens with one attached hydrogen (secondary N) is 2. The van der Waals surface area contributed by atoms with Crippen LogP contribution < -0.4 is 14.2 Å². The summed E-state index contributed by atoms with van der Waals surface area (Å²) in [5, 5.41) is 0. The number of ether oxygens (including phenoxy) is 8. The molecule has 5 heterocycles. The van der Waals surface area contributed by atoms with Crippen LogP contribution in [0.1, 0.15) is 392 Å². The van der Waals surface area contributed by atoms with Gasteiger partial charge in [-0.3, -0.25) is 0 Å². The normalized spacial score (nSPS) is 12.2. The number of rotatable bonds is 66. The molecule has 0 aromatic carbocycles. The SMILES string of the molecule is CCCCCCCCOCCc1c(OCCCCCCCC)c2cc3[nH]c(cc4nc(cc5nc(cc1[nH]2)C(OCCCCCCCC)=C5OCCCCCCCC)C(OCCCCCCCC)=C4OCCCCCCCC)c(OCCCCCCCC)c3OCCCCCCCC.[Cu]. The van der Waals surface area contributed by atoms with E-state index in [0.29, 0.717) is 117 Å². The molecule has 1 radical (unpaired) electrons. The zero-order valence-corrected chi connectivity index (χ0v) is 65.7. The quantitative estimate of drug-likeness (QED) is 0.0416. The van der Waals surface area contributed by atoms with Gasteiger partial charge < -0.3 is 47.9 Å². The second-order valence-electron chi connectivity index (χ2n) is 28.5. The number of unbranched alkanes of at least 4 members (excludes halogenated alkanes) is 40. The van der Waals surface area contributed by atoms with E-state index < -0.39 is 0 Å². The first-order valence-electron chi connectivity index (χ1n) is 41.7. The molecule has 8 bridgehead atoms. The van der Waals surface area contributed by atoms with Crippen molar-refractivity contribution in [2.45, 2.75) is 370 Å². The summed E-state index contributed by atoms with van der Waals surface area (Å²) in [4.78, 5) is 19.2. The maximum Gasteiger partial charge on any atom is 0.189 e. The Morgan fingerprint density at radius 3 is 0.788 bits per heavy atom. The Hall–Kier alpha value is -4.32. The van der Waals surface area contributed by atoms with Crippen LogP contribution in [0.25, 0.3) is 45.1 Å². The first-order chi connectivity index (χ1) is 48.5. The molecule has 0 spiro atoms. The smallest absolute Gasteiger partial charge is 0.189 e. The van der Waals surface area contributed by atoms with Gasteiger partial charge in [0.2, 0.25) is 0 Å². The van der Waals surface area contributed by atoms with Crippen LogP contribution >= 0.6 is 0 Å². The van der Waals surface area contributed by atoms with Crippen LogP contribution in [-0.2, 0) is 47.2 Å². The molecule has 0 saturated carbocycles. The first kappa shape index (κ1) is 87.1. The summed E-state index contributed by atoms with van der Waals surface area (Å²) in [5.41, 5.74) is 7.13. The largest absolute Gasteiger partial charge is 0.491 e. The van der Waals surface area contributed by atoms with Crippen molar-refractivity contribution < 1.29 is 55.0 Å². The maximum atomic E-state index is 7.23. The molecule has 569 valence electrons. The molecule has 13 heteroatoms. The van der Waals surface area contributed by atoms with Gasteiger partial charge in [-0.15, -0.1) is 0 Å². The number of fused-ring (bicyclic) bond motifs is 8. The fourth-order valence-corrected chi connectivity index (χ4v) is 13.3. The molecule has 2 N–H and O–H groups in total. The average Bonchev–Trinajstić information content (AvgIpc) is 1.62. The van der Waals surface area contributed by atoms with Gasteiger partial charge in [-0.25, -0.2) is 9.97 Å². The summed E-state index contributed by atoms with van der Waals surface area (Å²) in [7, 11) is 0. The van der Waals surface area contributed by atoms with E-state index in [0.717, 1.165) is 136 Å². The number of hydrogen-bond acceptors (Lipinski definition) is 10. The summed E-state index contributed by atoms with van der Waals surface area (Å²) in [5.74, 6) is 4.84. The summed E-state index contributed by atoms with van der Waals surface area (Å²) >= 11 is 0. The van der Waals surface area contributed by atoms with Crippen molar-refractivity contribution in [1.82, 2.24) is 19.9 Å².